The molecule has 1 amide bonds. The van der Waals surface area contributed by atoms with E-state index in [2.05, 4.69) is 10.1 Å². The number of hydrogen-bond acceptors (Lipinski definition) is 3. The summed E-state index contributed by atoms with van der Waals surface area (Å²) in [5, 5.41) is 2.51. The minimum absolute atomic E-state index is 0.0552. The van der Waals surface area contributed by atoms with E-state index in [0.29, 0.717) is 0 Å². The maximum Gasteiger partial charge on any atom is 0.329 e. The molecule has 0 unspecified atom stereocenters. The van der Waals surface area contributed by atoms with E-state index in [0.717, 1.165) is 0 Å². The Hall–Kier alpha value is -1.06. The third-order valence-corrected chi connectivity index (χ3v) is 2.13. The normalized spacial score (nSPS) is 27.8. The van der Waals surface area contributed by atoms with Gasteiger partial charge in [0, 0.05) is 0 Å². The van der Waals surface area contributed by atoms with E-state index in [1.54, 1.807) is 0 Å². The standard InChI is InChI=1S/C8H13NO3/c1-4(2)5-6(8(11)12-3)9-7(5)10/h4-6H,1-3H3,(H,9,10)/t5-,6+/m1/s1. The van der Waals surface area contributed by atoms with Gasteiger partial charge in [0.2, 0.25) is 5.91 Å². The highest BCUT2D eigenvalue weighted by Gasteiger charge is 2.46. The van der Waals surface area contributed by atoms with E-state index >= 15 is 0 Å². The number of nitrogens with one attached hydrogen (secondary N) is 1. The third-order valence-electron chi connectivity index (χ3n) is 2.13. The summed E-state index contributed by atoms with van der Waals surface area (Å²) < 4.78 is 4.53. The van der Waals surface area contributed by atoms with Gasteiger partial charge in [0.25, 0.3) is 0 Å². The van der Waals surface area contributed by atoms with Crippen LogP contribution >= 0.6 is 0 Å². The SMILES string of the molecule is COC(=O)[C@H]1NC(=O)[C@@H]1C(C)C. The van der Waals surface area contributed by atoms with Gasteiger partial charge in [-0.2, -0.15) is 0 Å². The molecular weight excluding hydrogens is 158 g/mol. The highest BCUT2D eigenvalue weighted by Crippen LogP contribution is 2.24. The minimum atomic E-state index is -0.428. The van der Waals surface area contributed by atoms with Crippen LogP contribution in [-0.2, 0) is 14.3 Å². The minimum Gasteiger partial charge on any atom is -0.467 e. The number of carbonyl (C=O) groups excluding carboxylic acids is 2. The first-order valence-electron chi connectivity index (χ1n) is 3.96. The van der Waals surface area contributed by atoms with Gasteiger partial charge in [-0.3, -0.25) is 4.79 Å². The van der Waals surface area contributed by atoms with Gasteiger partial charge >= 0.3 is 5.97 Å². The van der Waals surface area contributed by atoms with Crippen LogP contribution in [0.25, 0.3) is 0 Å². The molecule has 1 N–H and O–H groups in total. The van der Waals surface area contributed by atoms with Crippen LogP contribution in [0, 0.1) is 11.8 Å². The molecule has 1 saturated heterocycles. The summed E-state index contributed by atoms with van der Waals surface area (Å²) in [6.45, 7) is 3.83. The summed E-state index contributed by atoms with van der Waals surface area (Å²) in [6.07, 6.45) is 0. The van der Waals surface area contributed by atoms with E-state index in [1.807, 2.05) is 13.8 Å². The lowest BCUT2D eigenvalue weighted by Crippen LogP contribution is -2.63. The number of esters is 1. The molecule has 0 aliphatic carbocycles. The zero-order valence-corrected chi connectivity index (χ0v) is 7.46. The predicted molar refractivity (Wildman–Crippen MR) is 42.3 cm³/mol. The van der Waals surface area contributed by atoms with Crippen LogP contribution in [0.15, 0.2) is 0 Å². The Kier molecular flexibility index (Phi) is 2.35. The molecule has 1 fully saturated rings. The Balaban J connectivity index is 2.60. The van der Waals surface area contributed by atoms with Crippen LogP contribution in [0.5, 0.6) is 0 Å². The Bertz CT molecular complexity index is 212. The van der Waals surface area contributed by atoms with Crippen LogP contribution < -0.4 is 5.32 Å². The summed E-state index contributed by atoms with van der Waals surface area (Å²) >= 11 is 0. The third kappa shape index (κ3) is 1.29. The lowest BCUT2D eigenvalue weighted by Gasteiger charge is -2.36. The Labute approximate surface area is 71.3 Å². The van der Waals surface area contributed by atoms with E-state index in [9.17, 15) is 9.59 Å². The number of ether oxygens (including phenoxy) is 1. The van der Waals surface area contributed by atoms with Crippen molar-refractivity contribution in [1.82, 2.24) is 5.32 Å². The summed E-state index contributed by atoms with van der Waals surface area (Å²) in [4.78, 5) is 22.0. The van der Waals surface area contributed by atoms with Gasteiger partial charge < -0.3 is 10.1 Å². The molecule has 0 saturated carbocycles. The van der Waals surface area contributed by atoms with Gasteiger partial charge in [0.05, 0.1) is 13.0 Å². The molecule has 2 atom stereocenters. The summed E-state index contributed by atoms with van der Waals surface area (Å²) in [5.41, 5.74) is 0. The molecule has 0 bridgehead atoms. The quantitative estimate of drug-likeness (QED) is 0.467. The van der Waals surface area contributed by atoms with E-state index < -0.39 is 6.04 Å². The fraction of sp³-hybridized carbons (Fsp3) is 0.750. The Morgan fingerprint density at radius 2 is 2.17 bits per heavy atom. The molecule has 1 rings (SSSR count). The second-order valence-corrected chi connectivity index (χ2v) is 3.28. The van der Waals surface area contributed by atoms with Crippen LogP contribution in [0.3, 0.4) is 0 Å². The number of hydrogen-bond donors (Lipinski definition) is 1. The van der Waals surface area contributed by atoms with Crippen LogP contribution in [0.2, 0.25) is 0 Å². The van der Waals surface area contributed by atoms with Crippen LogP contribution in [-0.4, -0.2) is 25.0 Å². The van der Waals surface area contributed by atoms with Crippen molar-refractivity contribution in [2.75, 3.05) is 7.11 Å². The number of carbonyl (C=O) groups is 2. The van der Waals surface area contributed by atoms with Crippen molar-refractivity contribution in [3.8, 4) is 0 Å². The largest absolute Gasteiger partial charge is 0.467 e. The van der Waals surface area contributed by atoms with Crippen molar-refractivity contribution >= 4 is 11.9 Å². The Morgan fingerprint density at radius 3 is 2.50 bits per heavy atom. The smallest absolute Gasteiger partial charge is 0.329 e. The molecule has 0 aromatic carbocycles. The maximum atomic E-state index is 11.0. The van der Waals surface area contributed by atoms with Crippen molar-refractivity contribution in [1.29, 1.82) is 0 Å². The van der Waals surface area contributed by atoms with Gasteiger partial charge in [-0.15, -0.1) is 0 Å². The van der Waals surface area contributed by atoms with E-state index in [4.69, 9.17) is 0 Å². The zero-order chi connectivity index (χ0) is 9.30. The summed E-state index contributed by atoms with van der Waals surface area (Å²) in [5.74, 6) is -0.436. The number of β-lactam (4-membered cyclic amide) rings is 1. The number of amides is 1. The molecule has 0 radical (unpaired) electrons. The molecule has 0 aromatic heterocycles. The first-order chi connectivity index (χ1) is 5.57. The van der Waals surface area contributed by atoms with Crippen molar-refractivity contribution in [2.24, 2.45) is 11.8 Å². The number of rotatable bonds is 2. The van der Waals surface area contributed by atoms with Crippen molar-refractivity contribution < 1.29 is 14.3 Å². The molecule has 12 heavy (non-hydrogen) atoms. The molecule has 4 heteroatoms. The van der Waals surface area contributed by atoms with Gasteiger partial charge in [-0.05, 0) is 5.92 Å². The van der Waals surface area contributed by atoms with Crippen LogP contribution in [0.4, 0.5) is 0 Å². The summed E-state index contributed by atoms with van der Waals surface area (Å²) in [6, 6.07) is -0.428. The maximum absolute atomic E-state index is 11.0. The van der Waals surface area contributed by atoms with Gasteiger partial charge in [-0.25, -0.2) is 4.79 Å². The molecule has 0 spiro atoms. The van der Waals surface area contributed by atoms with Crippen molar-refractivity contribution in [3.63, 3.8) is 0 Å². The van der Waals surface area contributed by atoms with Crippen LogP contribution in [0.1, 0.15) is 13.8 Å². The molecule has 1 heterocycles. The van der Waals surface area contributed by atoms with Crippen molar-refractivity contribution in [3.05, 3.63) is 0 Å². The first-order valence-corrected chi connectivity index (χ1v) is 3.96. The molecule has 0 aromatic rings. The van der Waals surface area contributed by atoms with Gasteiger partial charge in [0.15, 0.2) is 0 Å². The first kappa shape index (κ1) is 9.03. The van der Waals surface area contributed by atoms with Gasteiger partial charge in [-0.1, -0.05) is 13.8 Å². The average Bonchev–Trinajstić information content (AvgIpc) is 1.97. The lowest BCUT2D eigenvalue weighted by atomic mass is 9.81. The average molecular weight is 171 g/mol. The summed E-state index contributed by atoms with van der Waals surface area (Å²) in [7, 11) is 1.32. The molecule has 4 nitrogen and oxygen atoms in total. The lowest BCUT2D eigenvalue weighted by molar-refractivity contribution is -0.157. The molecule has 68 valence electrons. The van der Waals surface area contributed by atoms with Crippen molar-refractivity contribution in [2.45, 2.75) is 19.9 Å². The monoisotopic (exact) mass is 171 g/mol. The van der Waals surface area contributed by atoms with E-state index in [1.165, 1.54) is 7.11 Å². The fourth-order valence-corrected chi connectivity index (χ4v) is 1.41. The number of methoxy groups -OCH3 is 1. The second-order valence-electron chi connectivity index (χ2n) is 3.28. The molecule has 1 aliphatic heterocycles. The Morgan fingerprint density at radius 1 is 1.58 bits per heavy atom. The van der Waals surface area contributed by atoms with E-state index in [-0.39, 0.29) is 23.7 Å². The molecule has 1 aliphatic rings. The molecular formula is C8H13NO3. The fourth-order valence-electron chi connectivity index (χ4n) is 1.41. The zero-order valence-electron chi connectivity index (χ0n) is 7.46. The topological polar surface area (TPSA) is 55.4 Å². The van der Waals surface area contributed by atoms with Gasteiger partial charge in [0.1, 0.15) is 6.04 Å². The highest BCUT2D eigenvalue weighted by molar-refractivity contribution is 5.97. The predicted octanol–water partition coefficient (Wildman–Crippen LogP) is -0.0700. The second kappa shape index (κ2) is 3.13. The highest BCUT2D eigenvalue weighted by atomic mass is 16.5.